The molecule has 0 aromatic heterocycles. The van der Waals surface area contributed by atoms with Gasteiger partial charge in [-0.3, -0.25) is 4.90 Å². The van der Waals surface area contributed by atoms with Crippen molar-refractivity contribution in [2.75, 3.05) is 26.2 Å². The van der Waals surface area contributed by atoms with Crippen molar-refractivity contribution in [1.82, 2.24) is 10.2 Å². The summed E-state index contributed by atoms with van der Waals surface area (Å²) in [5.74, 6) is -0.101. The number of nitrogens with one attached hydrogen (secondary N) is 1. The Morgan fingerprint density at radius 2 is 1.72 bits per heavy atom. The zero-order valence-corrected chi connectivity index (χ0v) is 11.9. The predicted molar refractivity (Wildman–Crippen MR) is 77.1 cm³/mol. The molecule has 1 fully saturated rings. The summed E-state index contributed by atoms with van der Waals surface area (Å²) in [6.45, 7) is 6.17. The first-order chi connectivity index (χ1) is 7.68. The second-order valence-electron chi connectivity index (χ2n) is 4.21. The van der Waals surface area contributed by atoms with E-state index >= 15 is 0 Å². The molecule has 0 radical (unpaired) electrons. The molecule has 2 rings (SSSR count). The molecule has 18 heavy (non-hydrogen) atoms. The molecule has 0 aliphatic carbocycles. The standard InChI is InChI=1S/C12H18N2O2.2ClH/c1-9(14-6-4-13-5-7-14)10-2-3-11(15)12(16)8-10;;/h2-3,8-9,13,15-16H,4-7H2,1H3;2*1H/t9-;;/m0../s1. The number of rotatable bonds is 2. The van der Waals surface area contributed by atoms with Crippen LogP contribution in [0.4, 0.5) is 0 Å². The predicted octanol–water partition coefficient (Wildman–Crippen LogP) is 1.91. The number of phenolic OH excluding ortho intramolecular Hbond substituents is 2. The molecule has 1 aliphatic heterocycles. The van der Waals surface area contributed by atoms with E-state index in [-0.39, 0.29) is 42.4 Å². The molecule has 104 valence electrons. The van der Waals surface area contributed by atoms with Crippen molar-refractivity contribution in [3.63, 3.8) is 0 Å². The van der Waals surface area contributed by atoms with E-state index < -0.39 is 0 Å². The van der Waals surface area contributed by atoms with Gasteiger partial charge in [0.05, 0.1) is 0 Å². The summed E-state index contributed by atoms with van der Waals surface area (Å²) < 4.78 is 0. The van der Waals surface area contributed by atoms with E-state index in [4.69, 9.17) is 0 Å². The lowest BCUT2D eigenvalue weighted by Gasteiger charge is -2.33. The fourth-order valence-electron chi connectivity index (χ4n) is 2.08. The SMILES string of the molecule is C[C@@H](c1ccc(O)c(O)c1)N1CCNCC1.Cl.Cl. The van der Waals surface area contributed by atoms with Crippen molar-refractivity contribution in [2.45, 2.75) is 13.0 Å². The highest BCUT2D eigenvalue weighted by Crippen LogP contribution is 2.29. The second kappa shape index (κ2) is 7.69. The van der Waals surface area contributed by atoms with Crippen LogP contribution in [0, 0.1) is 0 Å². The third-order valence-electron chi connectivity index (χ3n) is 3.18. The quantitative estimate of drug-likeness (QED) is 0.730. The minimum Gasteiger partial charge on any atom is -0.504 e. The Morgan fingerprint density at radius 1 is 1.11 bits per heavy atom. The van der Waals surface area contributed by atoms with Crippen LogP contribution in [-0.2, 0) is 0 Å². The highest BCUT2D eigenvalue weighted by Gasteiger charge is 2.18. The van der Waals surface area contributed by atoms with Crippen molar-refractivity contribution in [3.8, 4) is 11.5 Å². The number of halogens is 2. The molecule has 3 N–H and O–H groups in total. The monoisotopic (exact) mass is 294 g/mol. The molecule has 0 spiro atoms. The largest absolute Gasteiger partial charge is 0.504 e. The molecule has 0 amide bonds. The summed E-state index contributed by atoms with van der Waals surface area (Å²) in [6.07, 6.45) is 0. The van der Waals surface area contributed by atoms with Crippen molar-refractivity contribution < 1.29 is 10.2 Å². The summed E-state index contributed by atoms with van der Waals surface area (Å²) in [7, 11) is 0. The van der Waals surface area contributed by atoms with Gasteiger partial charge in [0.25, 0.3) is 0 Å². The molecule has 1 saturated heterocycles. The van der Waals surface area contributed by atoms with Gasteiger partial charge >= 0.3 is 0 Å². The molecular weight excluding hydrogens is 275 g/mol. The van der Waals surface area contributed by atoms with E-state index in [0.717, 1.165) is 31.7 Å². The summed E-state index contributed by atoms with van der Waals surface area (Å²) >= 11 is 0. The number of phenols is 2. The van der Waals surface area contributed by atoms with Gasteiger partial charge in [0.1, 0.15) is 0 Å². The molecule has 1 heterocycles. The lowest BCUT2D eigenvalue weighted by atomic mass is 10.1. The van der Waals surface area contributed by atoms with Gasteiger partial charge in [-0.15, -0.1) is 24.8 Å². The minimum atomic E-state index is -0.0590. The van der Waals surface area contributed by atoms with Crippen molar-refractivity contribution in [2.24, 2.45) is 0 Å². The molecule has 0 saturated carbocycles. The van der Waals surface area contributed by atoms with E-state index in [1.807, 2.05) is 6.07 Å². The maximum atomic E-state index is 9.47. The molecule has 0 bridgehead atoms. The van der Waals surface area contributed by atoms with E-state index in [9.17, 15) is 10.2 Å². The lowest BCUT2D eigenvalue weighted by Crippen LogP contribution is -2.44. The van der Waals surface area contributed by atoms with Crippen LogP contribution in [0.1, 0.15) is 18.5 Å². The zero-order chi connectivity index (χ0) is 11.5. The second-order valence-corrected chi connectivity index (χ2v) is 4.21. The third kappa shape index (κ3) is 3.92. The summed E-state index contributed by atoms with van der Waals surface area (Å²) in [5.41, 5.74) is 1.04. The van der Waals surface area contributed by atoms with Crippen LogP contribution in [-0.4, -0.2) is 41.3 Å². The Morgan fingerprint density at radius 3 is 2.28 bits per heavy atom. The van der Waals surface area contributed by atoms with Gasteiger partial charge in [0.2, 0.25) is 0 Å². The maximum absolute atomic E-state index is 9.47. The van der Waals surface area contributed by atoms with Gasteiger partial charge in [-0.25, -0.2) is 0 Å². The van der Waals surface area contributed by atoms with Crippen LogP contribution in [0.15, 0.2) is 18.2 Å². The maximum Gasteiger partial charge on any atom is 0.157 e. The fourth-order valence-corrected chi connectivity index (χ4v) is 2.08. The van der Waals surface area contributed by atoms with Crippen molar-refractivity contribution in [1.29, 1.82) is 0 Å². The number of piperazine rings is 1. The molecule has 4 nitrogen and oxygen atoms in total. The first-order valence-corrected chi connectivity index (χ1v) is 5.65. The number of aromatic hydroxyl groups is 2. The van der Waals surface area contributed by atoms with E-state index in [1.165, 1.54) is 0 Å². The normalized spacial score (nSPS) is 17.4. The average molecular weight is 295 g/mol. The third-order valence-corrected chi connectivity index (χ3v) is 3.18. The van der Waals surface area contributed by atoms with Gasteiger partial charge in [-0.05, 0) is 24.6 Å². The lowest BCUT2D eigenvalue weighted by molar-refractivity contribution is 0.185. The molecule has 1 atom stereocenters. The highest BCUT2D eigenvalue weighted by molar-refractivity contribution is 5.85. The van der Waals surface area contributed by atoms with E-state index in [1.54, 1.807) is 12.1 Å². The number of hydrogen-bond acceptors (Lipinski definition) is 4. The molecular formula is C12H20Cl2N2O2. The van der Waals surface area contributed by atoms with Crippen LogP contribution >= 0.6 is 24.8 Å². The van der Waals surface area contributed by atoms with E-state index in [2.05, 4.69) is 17.1 Å². The fraction of sp³-hybridized carbons (Fsp3) is 0.500. The van der Waals surface area contributed by atoms with Gasteiger partial charge < -0.3 is 15.5 Å². The Kier molecular flexibility index (Phi) is 7.40. The van der Waals surface area contributed by atoms with Gasteiger partial charge in [0, 0.05) is 32.2 Å². The first-order valence-electron chi connectivity index (χ1n) is 5.65. The average Bonchev–Trinajstić information content (AvgIpc) is 2.33. The first kappa shape index (κ1) is 17.3. The minimum absolute atomic E-state index is 0. The molecule has 1 aliphatic rings. The number of hydrogen-bond donors (Lipinski definition) is 3. The van der Waals surface area contributed by atoms with Crippen molar-refractivity contribution in [3.05, 3.63) is 23.8 Å². The smallest absolute Gasteiger partial charge is 0.157 e. The topological polar surface area (TPSA) is 55.7 Å². The zero-order valence-electron chi connectivity index (χ0n) is 10.3. The van der Waals surface area contributed by atoms with Crippen LogP contribution in [0.25, 0.3) is 0 Å². The molecule has 1 aromatic rings. The summed E-state index contributed by atoms with van der Waals surface area (Å²) in [5, 5.41) is 22.0. The number of benzene rings is 1. The van der Waals surface area contributed by atoms with Gasteiger partial charge in [-0.1, -0.05) is 6.07 Å². The Hall–Kier alpha value is -0.680. The Labute approximate surface area is 120 Å². The van der Waals surface area contributed by atoms with E-state index in [0.29, 0.717) is 0 Å². The van der Waals surface area contributed by atoms with Crippen LogP contribution < -0.4 is 5.32 Å². The van der Waals surface area contributed by atoms with Gasteiger partial charge in [-0.2, -0.15) is 0 Å². The van der Waals surface area contributed by atoms with Crippen LogP contribution in [0.5, 0.6) is 11.5 Å². The summed E-state index contributed by atoms with van der Waals surface area (Å²) in [6, 6.07) is 5.32. The molecule has 0 unspecified atom stereocenters. The Balaban J connectivity index is 0.00000144. The van der Waals surface area contributed by atoms with Crippen molar-refractivity contribution >= 4 is 24.8 Å². The highest BCUT2D eigenvalue weighted by atomic mass is 35.5. The Bertz CT molecular complexity index is 371. The number of nitrogens with zero attached hydrogens (tertiary/aromatic N) is 1. The van der Waals surface area contributed by atoms with Gasteiger partial charge in [0.15, 0.2) is 11.5 Å². The van der Waals surface area contributed by atoms with Crippen LogP contribution in [0.2, 0.25) is 0 Å². The molecule has 6 heteroatoms. The van der Waals surface area contributed by atoms with Crippen LogP contribution in [0.3, 0.4) is 0 Å². The summed E-state index contributed by atoms with van der Waals surface area (Å²) in [4.78, 5) is 2.36. The molecule has 1 aromatic carbocycles.